The number of hydrogen-bond donors (Lipinski definition) is 0. The van der Waals surface area contributed by atoms with Gasteiger partial charge in [0.2, 0.25) is 15.9 Å². The van der Waals surface area contributed by atoms with E-state index in [2.05, 4.69) is 6.07 Å². The quantitative estimate of drug-likeness (QED) is 0.739. The number of carbonyl (C=O) groups is 1. The molecule has 4 rings (SSSR count). The number of sulfonamides is 1. The van der Waals surface area contributed by atoms with Gasteiger partial charge in [0.15, 0.2) is 0 Å². The van der Waals surface area contributed by atoms with Gasteiger partial charge in [-0.25, -0.2) is 8.42 Å². The Labute approximate surface area is 178 Å². The SMILES string of the molecule is O=C(CN1CCN(S(=O)(=O)/C=C/c2ccccc2)CC1)N1CCCc2ccccc21. The molecule has 0 N–H and O–H groups in total. The number of hydrogen-bond acceptors (Lipinski definition) is 4. The molecule has 0 atom stereocenters. The smallest absolute Gasteiger partial charge is 0.241 e. The van der Waals surface area contributed by atoms with Crippen LogP contribution in [0.3, 0.4) is 0 Å². The predicted molar refractivity (Wildman–Crippen MR) is 120 cm³/mol. The molecule has 30 heavy (non-hydrogen) atoms. The van der Waals surface area contributed by atoms with Crippen LogP contribution in [0.15, 0.2) is 60.0 Å². The number of benzene rings is 2. The molecule has 0 aromatic heterocycles. The predicted octanol–water partition coefficient (Wildman–Crippen LogP) is 2.58. The summed E-state index contributed by atoms with van der Waals surface area (Å²) in [5, 5.41) is 1.27. The number of carbonyl (C=O) groups excluding carboxylic acids is 1. The summed E-state index contributed by atoms with van der Waals surface area (Å²) in [6.07, 6.45) is 3.61. The highest BCUT2D eigenvalue weighted by Crippen LogP contribution is 2.26. The van der Waals surface area contributed by atoms with Crippen LogP contribution in [0.5, 0.6) is 0 Å². The van der Waals surface area contributed by atoms with E-state index in [0.717, 1.165) is 30.6 Å². The van der Waals surface area contributed by atoms with Crippen LogP contribution in [-0.2, 0) is 21.2 Å². The number of amides is 1. The third-order valence-corrected chi connectivity index (χ3v) is 7.26. The monoisotopic (exact) mass is 425 g/mol. The van der Waals surface area contributed by atoms with Crippen LogP contribution in [0.25, 0.3) is 6.08 Å². The molecule has 2 aliphatic rings. The largest absolute Gasteiger partial charge is 0.311 e. The summed E-state index contributed by atoms with van der Waals surface area (Å²) in [7, 11) is -3.46. The van der Waals surface area contributed by atoms with Crippen LogP contribution in [-0.4, -0.2) is 62.8 Å². The molecule has 0 bridgehead atoms. The van der Waals surface area contributed by atoms with E-state index in [0.29, 0.717) is 32.7 Å². The molecule has 7 heteroatoms. The third kappa shape index (κ3) is 4.80. The molecule has 0 unspecified atom stereocenters. The van der Waals surface area contributed by atoms with Crippen LogP contribution >= 0.6 is 0 Å². The molecular formula is C23H27N3O3S. The normalized spacial score (nSPS) is 18.5. The molecule has 0 spiro atoms. The number of fused-ring (bicyclic) bond motifs is 1. The second-order valence-electron chi connectivity index (χ2n) is 7.71. The number of rotatable bonds is 5. The van der Waals surface area contributed by atoms with Crippen LogP contribution in [0, 0.1) is 0 Å². The molecule has 1 fully saturated rings. The highest BCUT2D eigenvalue weighted by Gasteiger charge is 2.28. The third-order valence-electron chi connectivity index (χ3n) is 5.69. The van der Waals surface area contributed by atoms with Crippen molar-refractivity contribution in [2.75, 3.05) is 44.2 Å². The zero-order valence-corrected chi connectivity index (χ0v) is 17.8. The summed E-state index contributed by atoms with van der Waals surface area (Å²) in [6, 6.07) is 17.5. The number of anilines is 1. The summed E-state index contributed by atoms with van der Waals surface area (Å²) >= 11 is 0. The Bertz CT molecular complexity index is 1010. The number of para-hydroxylation sites is 1. The maximum Gasteiger partial charge on any atom is 0.241 e. The molecular weight excluding hydrogens is 398 g/mol. The van der Waals surface area contributed by atoms with Gasteiger partial charge in [-0.3, -0.25) is 9.69 Å². The van der Waals surface area contributed by atoms with Crippen LogP contribution in [0.4, 0.5) is 5.69 Å². The Morgan fingerprint density at radius 3 is 2.37 bits per heavy atom. The standard InChI is InChI=1S/C23H27N3O3S/c27-23(26-13-6-10-21-9-4-5-11-22(21)26)19-24-14-16-25(17-15-24)30(28,29)18-12-20-7-2-1-3-8-20/h1-5,7-9,11-12,18H,6,10,13-17,19H2/b18-12+. The van der Waals surface area contributed by atoms with Gasteiger partial charge in [-0.1, -0.05) is 48.5 Å². The fourth-order valence-corrected chi connectivity index (χ4v) is 5.20. The van der Waals surface area contributed by atoms with E-state index >= 15 is 0 Å². The second kappa shape index (κ2) is 9.12. The van der Waals surface area contributed by atoms with E-state index in [-0.39, 0.29) is 5.91 Å². The first kappa shape index (κ1) is 20.8. The highest BCUT2D eigenvalue weighted by molar-refractivity contribution is 7.92. The van der Waals surface area contributed by atoms with Crippen LogP contribution < -0.4 is 4.90 Å². The van der Waals surface area contributed by atoms with E-state index < -0.39 is 10.0 Å². The van der Waals surface area contributed by atoms with Crippen LogP contribution in [0.2, 0.25) is 0 Å². The number of piperazine rings is 1. The maximum absolute atomic E-state index is 12.9. The Morgan fingerprint density at radius 2 is 1.60 bits per heavy atom. The first-order chi connectivity index (χ1) is 14.5. The summed E-state index contributed by atoms with van der Waals surface area (Å²) < 4.78 is 26.7. The van der Waals surface area contributed by atoms with E-state index in [1.165, 1.54) is 15.3 Å². The topological polar surface area (TPSA) is 60.9 Å². The minimum absolute atomic E-state index is 0.0856. The van der Waals surface area contributed by atoms with Crippen LogP contribution in [0.1, 0.15) is 17.5 Å². The van der Waals surface area contributed by atoms with E-state index in [1.807, 2.05) is 58.3 Å². The fraction of sp³-hybridized carbons (Fsp3) is 0.348. The molecule has 2 heterocycles. The number of nitrogens with zero attached hydrogens (tertiary/aromatic N) is 3. The van der Waals surface area contributed by atoms with Gasteiger partial charge in [0.1, 0.15) is 0 Å². The van der Waals surface area contributed by atoms with Crippen molar-refractivity contribution in [3.8, 4) is 0 Å². The maximum atomic E-state index is 12.9. The first-order valence-electron chi connectivity index (χ1n) is 10.4. The molecule has 2 aromatic rings. The fourth-order valence-electron chi connectivity index (χ4n) is 4.03. The van der Waals surface area contributed by atoms with Crippen molar-refractivity contribution in [2.24, 2.45) is 0 Å². The van der Waals surface area contributed by atoms with Gasteiger partial charge in [-0.05, 0) is 36.1 Å². The molecule has 6 nitrogen and oxygen atoms in total. The lowest BCUT2D eigenvalue weighted by Crippen LogP contribution is -2.51. The van der Waals surface area contributed by atoms with Crippen molar-refractivity contribution in [1.29, 1.82) is 0 Å². The van der Waals surface area contributed by atoms with Crippen molar-refractivity contribution in [3.05, 3.63) is 71.1 Å². The number of aryl methyl sites for hydroxylation is 1. The summed E-state index contributed by atoms with van der Waals surface area (Å²) in [4.78, 5) is 16.8. The van der Waals surface area contributed by atoms with E-state index in [4.69, 9.17) is 0 Å². The Morgan fingerprint density at radius 1 is 0.900 bits per heavy atom. The highest BCUT2D eigenvalue weighted by atomic mass is 32.2. The molecule has 0 aliphatic carbocycles. The Balaban J connectivity index is 1.33. The minimum Gasteiger partial charge on any atom is -0.311 e. The van der Waals surface area contributed by atoms with Crippen molar-refractivity contribution in [3.63, 3.8) is 0 Å². The zero-order chi connectivity index (χ0) is 21.0. The van der Waals surface area contributed by atoms with Crippen molar-refractivity contribution >= 4 is 27.7 Å². The zero-order valence-electron chi connectivity index (χ0n) is 17.0. The van der Waals surface area contributed by atoms with E-state index in [1.54, 1.807) is 6.08 Å². The molecule has 0 saturated carbocycles. The Hall–Kier alpha value is -2.48. The molecule has 1 saturated heterocycles. The lowest BCUT2D eigenvalue weighted by molar-refractivity contribution is -0.120. The van der Waals surface area contributed by atoms with Crippen molar-refractivity contribution in [2.45, 2.75) is 12.8 Å². The van der Waals surface area contributed by atoms with Crippen molar-refractivity contribution < 1.29 is 13.2 Å². The van der Waals surface area contributed by atoms with Gasteiger partial charge in [0, 0.05) is 43.8 Å². The average molecular weight is 426 g/mol. The molecule has 1 amide bonds. The first-order valence-corrected chi connectivity index (χ1v) is 11.9. The van der Waals surface area contributed by atoms with Gasteiger partial charge in [-0.2, -0.15) is 4.31 Å². The van der Waals surface area contributed by atoms with Gasteiger partial charge in [0.05, 0.1) is 6.54 Å². The molecule has 2 aliphatic heterocycles. The van der Waals surface area contributed by atoms with Gasteiger partial charge >= 0.3 is 0 Å². The summed E-state index contributed by atoms with van der Waals surface area (Å²) in [5.41, 5.74) is 3.09. The van der Waals surface area contributed by atoms with Gasteiger partial charge in [-0.15, -0.1) is 0 Å². The van der Waals surface area contributed by atoms with Gasteiger partial charge in [0.25, 0.3) is 0 Å². The van der Waals surface area contributed by atoms with Crippen molar-refractivity contribution in [1.82, 2.24) is 9.21 Å². The summed E-state index contributed by atoms with van der Waals surface area (Å²) in [5.74, 6) is 0.0856. The van der Waals surface area contributed by atoms with Gasteiger partial charge < -0.3 is 4.90 Å². The van der Waals surface area contributed by atoms with E-state index in [9.17, 15) is 13.2 Å². The summed E-state index contributed by atoms with van der Waals surface area (Å²) in [6.45, 7) is 2.96. The molecule has 0 radical (unpaired) electrons. The second-order valence-corrected chi connectivity index (χ2v) is 9.53. The lowest BCUT2D eigenvalue weighted by Gasteiger charge is -2.35. The molecule has 158 valence electrons. The lowest BCUT2D eigenvalue weighted by atomic mass is 10.0. The minimum atomic E-state index is -3.46. The Kier molecular flexibility index (Phi) is 6.32. The average Bonchev–Trinajstić information content (AvgIpc) is 2.78. The molecule has 2 aromatic carbocycles.